The van der Waals surface area contributed by atoms with Crippen LogP contribution in [0.5, 0.6) is 5.75 Å². The number of amides is 1. The Morgan fingerprint density at radius 2 is 1.77 bits per heavy atom. The van der Waals surface area contributed by atoms with Crippen molar-refractivity contribution in [2.24, 2.45) is 0 Å². The summed E-state index contributed by atoms with van der Waals surface area (Å²) in [6.07, 6.45) is 0.0908. The third-order valence-electron chi connectivity index (χ3n) is 5.44. The van der Waals surface area contributed by atoms with Crippen LogP contribution < -0.4 is 15.0 Å². The summed E-state index contributed by atoms with van der Waals surface area (Å²) in [5.41, 5.74) is 2.26. The number of rotatable bonds is 7. The number of ether oxygens (including phenoxy) is 2. The summed E-state index contributed by atoms with van der Waals surface area (Å²) in [4.78, 5) is 15.0. The number of carbonyl (C=O) groups excluding carboxylic acids is 1. The van der Waals surface area contributed by atoms with Gasteiger partial charge in [0.25, 0.3) is 5.91 Å². The SMILES string of the molecule is CC[C@H](Oc1ccc2ccccc2c1)C(=O)NCc1ccc(N2CCOCC2)cc1. The zero-order valence-electron chi connectivity index (χ0n) is 17.3. The molecular weight excluding hydrogens is 376 g/mol. The fourth-order valence-corrected chi connectivity index (χ4v) is 3.68. The van der Waals surface area contributed by atoms with Crippen molar-refractivity contribution in [1.82, 2.24) is 5.32 Å². The van der Waals surface area contributed by atoms with Crippen LogP contribution in [-0.4, -0.2) is 38.3 Å². The predicted octanol–water partition coefficient (Wildman–Crippen LogP) is 4.15. The number of nitrogens with zero attached hydrogens (tertiary/aromatic N) is 1. The van der Waals surface area contributed by atoms with Crippen molar-refractivity contribution in [2.75, 3.05) is 31.2 Å². The Bertz CT molecular complexity index is 981. The highest BCUT2D eigenvalue weighted by molar-refractivity contribution is 5.84. The van der Waals surface area contributed by atoms with Crippen LogP contribution in [-0.2, 0) is 16.1 Å². The molecule has 156 valence electrons. The Hall–Kier alpha value is -3.05. The molecule has 1 heterocycles. The van der Waals surface area contributed by atoms with Crippen LogP contribution in [0.25, 0.3) is 10.8 Å². The lowest BCUT2D eigenvalue weighted by Crippen LogP contribution is -2.37. The molecule has 0 spiro atoms. The molecule has 0 aliphatic carbocycles. The molecule has 0 unspecified atom stereocenters. The van der Waals surface area contributed by atoms with E-state index in [4.69, 9.17) is 9.47 Å². The fraction of sp³-hybridized carbons (Fsp3) is 0.320. The van der Waals surface area contributed by atoms with E-state index in [0.29, 0.717) is 18.7 Å². The molecule has 0 radical (unpaired) electrons. The normalized spacial score (nSPS) is 15.0. The maximum atomic E-state index is 12.7. The lowest BCUT2D eigenvalue weighted by atomic mass is 10.1. The second-order valence-corrected chi connectivity index (χ2v) is 7.51. The van der Waals surface area contributed by atoms with Gasteiger partial charge in [0.2, 0.25) is 0 Å². The number of fused-ring (bicyclic) bond motifs is 1. The van der Waals surface area contributed by atoms with E-state index in [1.165, 1.54) is 5.69 Å². The Kier molecular flexibility index (Phi) is 6.50. The fourth-order valence-electron chi connectivity index (χ4n) is 3.68. The second kappa shape index (κ2) is 9.63. The van der Waals surface area contributed by atoms with Gasteiger partial charge in [0.1, 0.15) is 5.75 Å². The van der Waals surface area contributed by atoms with Gasteiger partial charge >= 0.3 is 0 Å². The third-order valence-corrected chi connectivity index (χ3v) is 5.44. The van der Waals surface area contributed by atoms with E-state index in [1.54, 1.807) is 0 Å². The van der Waals surface area contributed by atoms with E-state index in [9.17, 15) is 4.79 Å². The first-order valence-corrected chi connectivity index (χ1v) is 10.6. The number of hydrogen-bond donors (Lipinski definition) is 1. The van der Waals surface area contributed by atoms with Gasteiger partial charge in [0.15, 0.2) is 6.10 Å². The van der Waals surface area contributed by atoms with Gasteiger partial charge in [0, 0.05) is 25.3 Å². The smallest absolute Gasteiger partial charge is 0.261 e. The van der Waals surface area contributed by atoms with Gasteiger partial charge in [-0.1, -0.05) is 49.4 Å². The molecule has 0 saturated carbocycles. The van der Waals surface area contributed by atoms with Crippen molar-refractivity contribution >= 4 is 22.4 Å². The summed E-state index contributed by atoms with van der Waals surface area (Å²) in [6.45, 7) is 5.82. The molecule has 3 aromatic carbocycles. The first-order valence-electron chi connectivity index (χ1n) is 10.6. The van der Waals surface area contributed by atoms with E-state index in [-0.39, 0.29) is 5.91 Å². The lowest BCUT2D eigenvalue weighted by molar-refractivity contribution is -0.128. The van der Waals surface area contributed by atoms with Crippen LogP contribution in [0.3, 0.4) is 0 Å². The molecule has 1 amide bonds. The minimum absolute atomic E-state index is 0.0945. The average molecular weight is 405 g/mol. The minimum atomic E-state index is -0.515. The zero-order chi connectivity index (χ0) is 20.8. The van der Waals surface area contributed by atoms with Crippen LogP contribution in [0.15, 0.2) is 66.7 Å². The first-order chi connectivity index (χ1) is 14.7. The van der Waals surface area contributed by atoms with Crippen LogP contribution in [0.2, 0.25) is 0 Å². The van der Waals surface area contributed by atoms with Crippen molar-refractivity contribution in [3.63, 3.8) is 0 Å². The van der Waals surface area contributed by atoms with Gasteiger partial charge < -0.3 is 19.7 Å². The van der Waals surface area contributed by atoms with Gasteiger partial charge in [0.05, 0.1) is 13.2 Å². The monoisotopic (exact) mass is 404 g/mol. The van der Waals surface area contributed by atoms with Crippen molar-refractivity contribution in [3.8, 4) is 5.75 Å². The van der Waals surface area contributed by atoms with E-state index < -0.39 is 6.10 Å². The van der Waals surface area contributed by atoms with E-state index >= 15 is 0 Å². The number of nitrogens with one attached hydrogen (secondary N) is 1. The van der Waals surface area contributed by atoms with Gasteiger partial charge in [-0.25, -0.2) is 0 Å². The van der Waals surface area contributed by atoms with Crippen molar-refractivity contribution in [1.29, 1.82) is 0 Å². The number of hydrogen-bond acceptors (Lipinski definition) is 4. The Morgan fingerprint density at radius 1 is 1.03 bits per heavy atom. The number of morpholine rings is 1. The Morgan fingerprint density at radius 3 is 2.50 bits per heavy atom. The number of benzene rings is 3. The highest BCUT2D eigenvalue weighted by Gasteiger charge is 2.18. The number of anilines is 1. The van der Waals surface area contributed by atoms with Crippen molar-refractivity contribution in [3.05, 3.63) is 72.3 Å². The molecule has 5 nitrogen and oxygen atoms in total. The molecule has 4 rings (SSSR count). The topological polar surface area (TPSA) is 50.8 Å². The van der Waals surface area contributed by atoms with E-state index in [1.807, 2.05) is 43.3 Å². The predicted molar refractivity (Wildman–Crippen MR) is 120 cm³/mol. The third kappa shape index (κ3) is 4.92. The van der Waals surface area contributed by atoms with Gasteiger partial charge in [-0.05, 0) is 47.0 Å². The zero-order valence-corrected chi connectivity index (χ0v) is 17.3. The molecule has 3 aromatic rings. The van der Waals surface area contributed by atoms with Crippen LogP contribution >= 0.6 is 0 Å². The summed E-state index contributed by atoms with van der Waals surface area (Å²) in [7, 11) is 0. The largest absolute Gasteiger partial charge is 0.481 e. The van der Waals surface area contributed by atoms with E-state index in [2.05, 4.69) is 40.5 Å². The molecular formula is C25H28N2O3. The maximum Gasteiger partial charge on any atom is 0.261 e. The standard InChI is InChI=1S/C25H28N2O3/c1-2-24(30-23-12-9-20-5-3-4-6-21(20)17-23)25(28)26-18-19-7-10-22(11-8-19)27-13-15-29-16-14-27/h3-12,17,24H,2,13-16,18H2,1H3,(H,26,28)/t24-/m0/s1. The molecule has 30 heavy (non-hydrogen) atoms. The summed E-state index contributed by atoms with van der Waals surface area (Å²) >= 11 is 0. The molecule has 0 aromatic heterocycles. The Labute approximate surface area is 177 Å². The highest BCUT2D eigenvalue weighted by Crippen LogP contribution is 2.22. The molecule has 1 aliphatic rings. The van der Waals surface area contributed by atoms with Crippen molar-refractivity contribution < 1.29 is 14.3 Å². The molecule has 0 bridgehead atoms. The van der Waals surface area contributed by atoms with Crippen LogP contribution in [0.1, 0.15) is 18.9 Å². The minimum Gasteiger partial charge on any atom is -0.481 e. The second-order valence-electron chi connectivity index (χ2n) is 7.51. The summed E-state index contributed by atoms with van der Waals surface area (Å²) in [5, 5.41) is 5.27. The first kappa shape index (κ1) is 20.2. The molecule has 1 fully saturated rings. The highest BCUT2D eigenvalue weighted by atomic mass is 16.5. The molecule has 1 saturated heterocycles. The van der Waals surface area contributed by atoms with Crippen molar-refractivity contribution in [2.45, 2.75) is 26.0 Å². The van der Waals surface area contributed by atoms with Gasteiger partial charge in [-0.3, -0.25) is 4.79 Å². The summed E-state index contributed by atoms with van der Waals surface area (Å²) < 4.78 is 11.4. The maximum absolute atomic E-state index is 12.7. The average Bonchev–Trinajstić information content (AvgIpc) is 2.82. The van der Waals surface area contributed by atoms with Crippen LogP contribution in [0, 0.1) is 0 Å². The summed E-state index contributed by atoms with van der Waals surface area (Å²) in [6, 6.07) is 22.4. The summed E-state index contributed by atoms with van der Waals surface area (Å²) in [5.74, 6) is 0.619. The molecule has 5 heteroatoms. The van der Waals surface area contributed by atoms with Gasteiger partial charge in [-0.2, -0.15) is 0 Å². The van der Waals surface area contributed by atoms with Gasteiger partial charge in [-0.15, -0.1) is 0 Å². The number of carbonyl (C=O) groups is 1. The Balaban J connectivity index is 1.33. The molecule has 1 atom stereocenters. The van der Waals surface area contributed by atoms with Crippen LogP contribution in [0.4, 0.5) is 5.69 Å². The quantitative estimate of drug-likeness (QED) is 0.643. The lowest BCUT2D eigenvalue weighted by Gasteiger charge is -2.29. The molecule has 1 N–H and O–H groups in total. The molecule has 1 aliphatic heterocycles. The van der Waals surface area contributed by atoms with E-state index in [0.717, 1.165) is 42.6 Å².